The zero-order valence-electron chi connectivity index (χ0n) is 16.0. The Balaban J connectivity index is 1.48. The third-order valence-corrected chi connectivity index (χ3v) is 5.24. The number of benzene rings is 2. The smallest absolute Gasteiger partial charge is 0.224 e. The Morgan fingerprint density at radius 1 is 1.04 bits per heavy atom. The first-order valence-electron chi connectivity index (χ1n) is 9.82. The molecule has 0 saturated carbocycles. The van der Waals surface area contributed by atoms with E-state index in [9.17, 15) is 4.79 Å². The second-order valence-electron chi connectivity index (χ2n) is 7.48. The number of carbonyl (C=O) groups excluding carboxylic acids is 1. The molecule has 0 aliphatic carbocycles. The summed E-state index contributed by atoms with van der Waals surface area (Å²) in [5.41, 5.74) is 4.81. The lowest BCUT2D eigenvalue weighted by molar-refractivity contribution is -0.120. The number of hydrogen-bond donors (Lipinski definition) is 1. The first-order chi connectivity index (χ1) is 12.6. The van der Waals surface area contributed by atoms with E-state index in [4.69, 9.17) is 0 Å². The van der Waals surface area contributed by atoms with Crippen LogP contribution in [0.15, 0.2) is 48.5 Å². The summed E-state index contributed by atoms with van der Waals surface area (Å²) in [6, 6.07) is 16.9. The van der Waals surface area contributed by atoms with Crippen LogP contribution < -0.4 is 10.2 Å². The van der Waals surface area contributed by atoms with Crippen LogP contribution in [0.2, 0.25) is 0 Å². The van der Waals surface area contributed by atoms with Gasteiger partial charge in [0, 0.05) is 25.3 Å². The minimum atomic E-state index is 0.0724. The second kappa shape index (κ2) is 8.88. The molecule has 26 heavy (non-hydrogen) atoms. The van der Waals surface area contributed by atoms with Gasteiger partial charge < -0.3 is 10.2 Å². The first kappa shape index (κ1) is 18.5. The van der Waals surface area contributed by atoms with Crippen molar-refractivity contribution >= 4 is 11.6 Å². The third kappa shape index (κ3) is 5.10. The second-order valence-corrected chi connectivity index (χ2v) is 7.48. The SMILES string of the molecule is CCc1ccc(CC(=O)NCc2ccc(N3CCC[C@H](C)C3)cc2)cc1. The quantitative estimate of drug-likeness (QED) is 0.840. The molecule has 138 valence electrons. The molecule has 0 bridgehead atoms. The predicted molar refractivity (Wildman–Crippen MR) is 108 cm³/mol. The highest BCUT2D eigenvalue weighted by Gasteiger charge is 2.16. The van der Waals surface area contributed by atoms with Gasteiger partial charge in [-0.05, 0) is 54.0 Å². The Morgan fingerprint density at radius 3 is 2.35 bits per heavy atom. The maximum atomic E-state index is 12.2. The fourth-order valence-corrected chi connectivity index (χ4v) is 3.59. The lowest BCUT2D eigenvalue weighted by atomic mass is 9.99. The van der Waals surface area contributed by atoms with E-state index in [0.29, 0.717) is 13.0 Å². The highest BCUT2D eigenvalue weighted by Crippen LogP contribution is 2.23. The van der Waals surface area contributed by atoms with Crippen molar-refractivity contribution in [1.29, 1.82) is 0 Å². The van der Waals surface area contributed by atoms with Gasteiger partial charge in [0.05, 0.1) is 6.42 Å². The van der Waals surface area contributed by atoms with Gasteiger partial charge >= 0.3 is 0 Å². The van der Waals surface area contributed by atoms with Crippen molar-refractivity contribution < 1.29 is 4.79 Å². The average Bonchev–Trinajstić information content (AvgIpc) is 2.67. The largest absolute Gasteiger partial charge is 0.371 e. The number of nitrogens with zero attached hydrogens (tertiary/aromatic N) is 1. The number of aryl methyl sites for hydroxylation is 1. The molecule has 3 rings (SSSR count). The van der Waals surface area contributed by atoms with E-state index < -0.39 is 0 Å². The Bertz CT molecular complexity index is 706. The molecule has 0 spiro atoms. The standard InChI is InChI=1S/C23H30N2O/c1-3-19-6-8-20(9-7-19)15-23(26)24-16-21-10-12-22(13-11-21)25-14-4-5-18(2)17-25/h6-13,18H,3-5,14-17H2,1-2H3,(H,24,26)/t18-/m0/s1. The van der Waals surface area contributed by atoms with Crippen LogP contribution in [0.3, 0.4) is 0 Å². The summed E-state index contributed by atoms with van der Waals surface area (Å²) in [6.45, 7) is 7.34. The summed E-state index contributed by atoms with van der Waals surface area (Å²) in [6.07, 6.45) is 4.08. The van der Waals surface area contributed by atoms with E-state index in [1.807, 2.05) is 12.1 Å². The van der Waals surface area contributed by atoms with Crippen molar-refractivity contribution in [2.24, 2.45) is 5.92 Å². The fourth-order valence-electron chi connectivity index (χ4n) is 3.59. The van der Waals surface area contributed by atoms with Crippen LogP contribution in [0.1, 0.15) is 43.4 Å². The van der Waals surface area contributed by atoms with Crippen LogP contribution in [0, 0.1) is 5.92 Å². The topological polar surface area (TPSA) is 32.3 Å². The zero-order valence-corrected chi connectivity index (χ0v) is 16.0. The molecule has 1 N–H and O–H groups in total. The van der Waals surface area contributed by atoms with Crippen LogP contribution in [0.4, 0.5) is 5.69 Å². The van der Waals surface area contributed by atoms with Gasteiger partial charge in [-0.2, -0.15) is 0 Å². The van der Waals surface area contributed by atoms with E-state index >= 15 is 0 Å². The molecule has 1 fully saturated rings. The van der Waals surface area contributed by atoms with Gasteiger partial charge in [0.2, 0.25) is 5.91 Å². The molecule has 1 saturated heterocycles. The minimum Gasteiger partial charge on any atom is -0.371 e. The summed E-state index contributed by atoms with van der Waals surface area (Å²) >= 11 is 0. The van der Waals surface area contributed by atoms with Crippen molar-refractivity contribution in [2.75, 3.05) is 18.0 Å². The summed E-state index contributed by atoms with van der Waals surface area (Å²) in [5, 5.41) is 3.03. The molecule has 0 unspecified atom stereocenters. The van der Waals surface area contributed by atoms with Gasteiger partial charge in [0.1, 0.15) is 0 Å². The van der Waals surface area contributed by atoms with Gasteiger partial charge in [-0.1, -0.05) is 50.2 Å². The summed E-state index contributed by atoms with van der Waals surface area (Å²) in [4.78, 5) is 14.6. The van der Waals surface area contributed by atoms with Gasteiger partial charge in [0.15, 0.2) is 0 Å². The molecule has 2 aromatic rings. The van der Waals surface area contributed by atoms with Gasteiger partial charge in [0.25, 0.3) is 0 Å². The monoisotopic (exact) mass is 350 g/mol. The average molecular weight is 351 g/mol. The van der Waals surface area contributed by atoms with Crippen LogP contribution in [0.5, 0.6) is 0 Å². The van der Waals surface area contributed by atoms with E-state index in [2.05, 4.69) is 60.5 Å². The number of carbonyl (C=O) groups is 1. The number of anilines is 1. The highest BCUT2D eigenvalue weighted by molar-refractivity contribution is 5.78. The van der Waals surface area contributed by atoms with Crippen LogP contribution in [-0.4, -0.2) is 19.0 Å². The summed E-state index contributed by atoms with van der Waals surface area (Å²) in [5.74, 6) is 0.845. The van der Waals surface area contributed by atoms with Crippen molar-refractivity contribution in [3.63, 3.8) is 0 Å². The number of amides is 1. The van der Waals surface area contributed by atoms with E-state index in [1.54, 1.807) is 0 Å². The fraction of sp³-hybridized carbons (Fsp3) is 0.435. The maximum Gasteiger partial charge on any atom is 0.224 e. The summed E-state index contributed by atoms with van der Waals surface area (Å²) in [7, 11) is 0. The van der Waals surface area contributed by atoms with Crippen molar-refractivity contribution in [3.8, 4) is 0 Å². The molecule has 2 aromatic carbocycles. The molecule has 1 heterocycles. The molecule has 1 amide bonds. The number of rotatable bonds is 6. The normalized spacial score (nSPS) is 17.2. The van der Waals surface area contributed by atoms with Gasteiger partial charge in [-0.25, -0.2) is 0 Å². The molecule has 3 heteroatoms. The van der Waals surface area contributed by atoms with E-state index in [1.165, 1.54) is 24.1 Å². The number of nitrogens with one attached hydrogen (secondary N) is 1. The predicted octanol–water partition coefficient (Wildman–Crippen LogP) is 4.34. The number of piperidine rings is 1. The molecule has 1 aliphatic rings. The molecule has 1 atom stereocenters. The van der Waals surface area contributed by atoms with Crippen LogP contribution >= 0.6 is 0 Å². The Hall–Kier alpha value is -2.29. The lowest BCUT2D eigenvalue weighted by Crippen LogP contribution is -2.34. The third-order valence-electron chi connectivity index (χ3n) is 5.24. The molecule has 3 nitrogen and oxygen atoms in total. The summed E-state index contributed by atoms with van der Waals surface area (Å²) < 4.78 is 0. The van der Waals surface area contributed by atoms with Crippen molar-refractivity contribution in [1.82, 2.24) is 5.32 Å². The lowest BCUT2D eigenvalue weighted by Gasteiger charge is -2.32. The minimum absolute atomic E-state index is 0.0724. The molecule has 0 aromatic heterocycles. The Kier molecular flexibility index (Phi) is 6.32. The Labute approximate surface area is 157 Å². The van der Waals surface area contributed by atoms with Gasteiger partial charge in [-0.15, -0.1) is 0 Å². The van der Waals surface area contributed by atoms with Crippen molar-refractivity contribution in [3.05, 3.63) is 65.2 Å². The van der Waals surface area contributed by atoms with Crippen LogP contribution in [-0.2, 0) is 24.2 Å². The number of hydrogen-bond acceptors (Lipinski definition) is 2. The molecular weight excluding hydrogens is 320 g/mol. The van der Waals surface area contributed by atoms with E-state index in [0.717, 1.165) is 36.6 Å². The van der Waals surface area contributed by atoms with Crippen LogP contribution in [0.25, 0.3) is 0 Å². The van der Waals surface area contributed by atoms with Gasteiger partial charge in [-0.3, -0.25) is 4.79 Å². The highest BCUT2D eigenvalue weighted by atomic mass is 16.1. The Morgan fingerprint density at radius 2 is 1.69 bits per heavy atom. The molecule has 1 aliphatic heterocycles. The maximum absolute atomic E-state index is 12.2. The van der Waals surface area contributed by atoms with E-state index in [-0.39, 0.29) is 5.91 Å². The first-order valence-corrected chi connectivity index (χ1v) is 9.82. The molecule has 0 radical (unpaired) electrons. The zero-order chi connectivity index (χ0) is 18.4. The molecular formula is C23H30N2O. The van der Waals surface area contributed by atoms with Crippen molar-refractivity contribution in [2.45, 2.75) is 46.1 Å².